The Labute approximate surface area is 156 Å². The summed E-state index contributed by atoms with van der Waals surface area (Å²) in [6, 6.07) is 3.00. The van der Waals surface area contributed by atoms with Gasteiger partial charge in [-0.2, -0.15) is 8.78 Å². The number of ether oxygens (including phenoxy) is 2. The van der Waals surface area contributed by atoms with Gasteiger partial charge in [0.15, 0.2) is 11.5 Å². The Morgan fingerprint density at radius 1 is 0.692 bits per heavy atom. The molecular weight excluding hydrogens is 334 g/mol. The summed E-state index contributed by atoms with van der Waals surface area (Å²) in [4.78, 5) is 0. The minimum Gasteiger partial charge on any atom is -0.490 e. The quantitative estimate of drug-likeness (QED) is 0.582. The smallest absolute Gasteiger partial charge is 0.204 e. The van der Waals surface area contributed by atoms with Crippen LogP contribution in [0.3, 0.4) is 0 Å². The van der Waals surface area contributed by atoms with Crippen LogP contribution in [-0.4, -0.2) is 13.2 Å². The molecule has 3 rings (SSSR count). The summed E-state index contributed by atoms with van der Waals surface area (Å²) >= 11 is 0. The van der Waals surface area contributed by atoms with Gasteiger partial charge in [0, 0.05) is 0 Å². The van der Waals surface area contributed by atoms with Gasteiger partial charge in [-0.3, -0.25) is 0 Å². The summed E-state index contributed by atoms with van der Waals surface area (Å²) in [6.07, 6.45) is 9.18. The lowest BCUT2D eigenvalue weighted by Crippen LogP contribution is -2.20. The first-order chi connectivity index (χ1) is 12.5. The Balaban J connectivity index is 1.51. The predicted molar refractivity (Wildman–Crippen MR) is 99.6 cm³/mol. The third-order valence-corrected chi connectivity index (χ3v) is 6.23. The molecule has 0 bridgehead atoms. The fourth-order valence-electron chi connectivity index (χ4n) is 4.14. The number of hydrogen-bond donors (Lipinski definition) is 0. The first kappa shape index (κ1) is 19.4. The summed E-state index contributed by atoms with van der Waals surface area (Å²) in [6.45, 7) is 5.45. The van der Waals surface area contributed by atoms with E-state index in [0.29, 0.717) is 25.0 Å². The van der Waals surface area contributed by atoms with Gasteiger partial charge >= 0.3 is 0 Å². The maximum Gasteiger partial charge on any atom is 0.204 e. The Bertz CT molecular complexity index is 523. The standard InChI is InChI=1S/C22H32F2O2/c1-15-3-7-17(8-4-15)13-25-19-11-12-20(22(24)21(19)23)26-14-18-9-5-16(2)6-10-18/h11-12,15-18H,3-10,13-14H2,1-2H3. The molecule has 4 heteroatoms. The van der Waals surface area contributed by atoms with Crippen molar-refractivity contribution < 1.29 is 18.3 Å². The van der Waals surface area contributed by atoms with Crippen molar-refractivity contribution in [1.82, 2.24) is 0 Å². The van der Waals surface area contributed by atoms with E-state index in [1.807, 2.05) is 0 Å². The van der Waals surface area contributed by atoms with Crippen molar-refractivity contribution in [2.75, 3.05) is 13.2 Å². The molecule has 2 saturated carbocycles. The molecule has 0 N–H and O–H groups in total. The molecule has 0 radical (unpaired) electrons. The zero-order valence-electron chi connectivity index (χ0n) is 16.1. The molecule has 0 spiro atoms. The van der Waals surface area contributed by atoms with E-state index in [0.717, 1.165) is 37.5 Å². The highest BCUT2D eigenvalue weighted by atomic mass is 19.2. The number of rotatable bonds is 6. The van der Waals surface area contributed by atoms with Crippen LogP contribution in [0.5, 0.6) is 11.5 Å². The van der Waals surface area contributed by atoms with Gasteiger partial charge < -0.3 is 9.47 Å². The molecule has 0 atom stereocenters. The van der Waals surface area contributed by atoms with Gasteiger partial charge in [0.1, 0.15) is 0 Å². The lowest BCUT2D eigenvalue weighted by atomic mass is 9.83. The summed E-state index contributed by atoms with van der Waals surface area (Å²) < 4.78 is 39.8. The second-order valence-electron chi connectivity index (χ2n) is 8.56. The summed E-state index contributed by atoms with van der Waals surface area (Å²) in [5.41, 5.74) is 0. The Kier molecular flexibility index (Phi) is 6.77. The average Bonchev–Trinajstić information content (AvgIpc) is 2.65. The van der Waals surface area contributed by atoms with E-state index in [2.05, 4.69) is 13.8 Å². The molecule has 0 aliphatic heterocycles. The monoisotopic (exact) mass is 366 g/mol. The molecule has 2 aliphatic rings. The van der Waals surface area contributed by atoms with Crippen molar-refractivity contribution in [3.63, 3.8) is 0 Å². The summed E-state index contributed by atoms with van der Waals surface area (Å²) in [5, 5.41) is 0. The van der Waals surface area contributed by atoms with E-state index in [4.69, 9.17) is 9.47 Å². The fourth-order valence-corrected chi connectivity index (χ4v) is 4.14. The maximum absolute atomic E-state index is 14.3. The van der Waals surface area contributed by atoms with Crippen molar-refractivity contribution in [3.05, 3.63) is 23.8 Å². The molecule has 0 aromatic heterocycles. The van der Waals surface area contributed by atoms with Gasteiger partial charge in [0.2, 0.25) is 11.6 Å². The van der Waals surface area contributed by atoms with Gasteiger partial charge in [-0.1, -0.05) is 39.5 Å². The average molecular weight is 366 g/mol. The lowest BCUT2D eigenvalue weighted by Gasteiger charge is -2.26. The van der Waals surface area contributed by atoms with Crippen LogP contribution in [0.4, 0.5) is 8.78 Å². The van der Waals surface area contributed by atoms with Crippen LogP contribution in [0.25, 0.3) is 0 Å². The fraction of sp³-hybridized carbons (Fsp3) is 0.727. The predicted octanol–water partition coefficient (Wildman–Crippen LogP) is 6.38. The number of hydrogen-bond acceptors (Lipinski definition) is 2. The van der Waals surface area contributed by atoms with Gasteiger partial charge in [0.05, 0.1) is 13.2 Å². The van der Waals surface area contributed by atoms with Crippen molar-refractivity contribution in [1.29, 1.82) is 0 Å². The second-order valence-corrected chi connectivity index (χ2v) is 8.56. The Morgan fingerprint density at radius 2 is 1.04 bits per heavy atom. The zero-order chi connectivity index (χ0) is 18.5. The molecule has 2 fully saturated rings. The highest BCUT2D eigenvalue weighted by Crippen LogP contribution is 2.33. The first-order valence-electron chi connectivity index (χ1n) is 10.3. The van der Waals surface area contributed by atoms with Crippen LogP contribution in [0.15, 0.2) is 12.1 Å². The SMILES string of the molecule is CC1CCC(COc2ccc(OCC3CCC(C)CC3)c(F)c2F)CC1. The van der Waals surface area contributed by atoms with Crippen LogP contribution in [0, 0.1) is 35.3 Å². The summed E-state index contributed by atoms with van der Waals surface area (Å²) in [7, 11) is 0. The highest BCUT2D eigenvalue weighted by Gasteiger charge is 2.22. The minimum absolute atomic E-state index is 0.0000342. The van der Waals surface area contributed by atoms with Crippen molar-refractivity contribution in [3.8, 4) is 11.5 Å². The van der Waals surface area contributed by atoms with Crippen molar-refractivity contribution in [2.45, 2.75) is 65.2 Å². The van der Waals surface area contributed by atoms with E-state index in [1.165, 1.54) is 37.8 Å². The normalized spacial score (nSPS) is 29.4. The van der Waals surface area contributed by atoms with Crippen LogP contribution in [-0.2, 0) is 0 Å². The van der Waals surface area contributed by atoms with Crippen LogP contribution < -0.4 is 9.47 Å². The molecule has 0 amide bonds. The minimum atomic E-state index is -0.927. The molecular formula is C22H32F2O2. The van der Waals surface area contributed by atoms with Gasteiger partial charge in [-0.25, -0.2) is 0 Å². The van der Waals surface area contributed by atoms with Crippen molar-refractivity contribution in [2.24, 2.45) is 23.7 Å². The van der Waals surface area contributed by atoms with E-state index in [9.17, 15) is 8.78 Å². The lowest BCUT2D eigenvalue weighted by molar-refractivity contribution is 0.174. The third-order valence-electron chi connectivity index (χ3n) is 6.23. The van der Waals surface area contributed by atoms with E-state index < -0.39 is 11.6 Å². The number of halogens is 2. The number of benzene rings is 1. The first-order valence-corrected chi connectivity index (χ1v) is 10.3. The van der Waals surface area contributed by atoms with Crippen molar-refractivity contribution >= 4 is 0 Å². The van der Waals surface area contributed by atoms with Crippen LogP contribution in [0.2, 0.25) is 0 Å². The Morgan fingerprint density at radius 3 is 1.38 bits per heavy atom. The van der Waals surface area contributed by atoms with E-state index >= 15 is 0 Å². The zero-order valence-corrected chi connectivity index (χ0v) is 16.1. The summed E-state index contributed by atoms with van der Waals surface area (Å²) in [5.74, 6) is 0.567. The van der Waals surface area contributed by atoms with Crippen LogP contribution in [0.1, 0.15) is 65.2 Å². The highest BCUT2D eigenvalue weighted by molar-refractivity contribution is 5.35. The largest absolute Gasteiger partial charge is 0.490 e. The second kappa shape index (κ2) is 9.05. The molecule has 1 aromatic carbocycles. The van der Waals surface area contributed by atoms with Gasteiger partial charge in [-0.15, -0.1) is 0 Å². The molecule has 26 heavy (non-hydrogen) atoms. The third kappa shape index (κ3) is 5.11. The van der Waals surface area contributed by atoms with Gasteiger partial charge in [0.25, 0.3) is 0 Å². The molecule has 1 aromatic rings. The van der Waals surface area contributed by atoms with Crippen LogP contribution >= 0.6 is 0 Å². The topological polar surface area (TPSA) is 18.5 Å². The van der Waals surface area contributed by atoms with E-state index in [1.54, 1.807) is 0 Å². The molecule has 146 valence electrons. The Hall–Kier alpha value is -1.32. The van der Waals surface area contributed by atoms with Gasteiger partial charge in [-0.05, 0) is 61.5 Å². The molecule has 2 nitrogen and oxygen atoms in total. The molecule has 0 heterocycles. The maximum atomic E-state index is 14.3. The molecule has 0 saturated heterocycles. The molecule has 2 aliphatic carbocycles. The van der Waals surface area contributed by atoms with E-state index in [-0.39, 0.29) is 11.5 Å². The molecule has 0 unspecified atom stereocenters.